The molecule has 2 aliphatic rings. The number of rotatable bonds is 1. The molecule has 13 heavy (non-hydrogen) atoms. The van der Waals surface area contributed by atoms with E-state index in [0.29, 0.717) is 5.92 Å². The van der Waals surface area contributed by atoms with Crippen molar-refractivity contribution in [3.63, 3.8) is 0 Å². The van der Waals surface area contributed by atoms with Crippen LogP contribution in [0, 0.1) is 5.92 Å². The van der Waals surface area contributed by atoms with E-state index in [1.54, 1.807) is 6.08 Å². The van der Waals surface area contributed by atoms with Crippen molar-refractivity contribution in [3.8, 4) is 0 Å². The Morgan fingerprint density at radius 1 is 1.46 bits per heavy atom. The van der Waals surface area contributed by atoms with Gasteiger partial charge in [0.25, 0.3) is 0 Å². The summed E-state index contributed by atoms with van der Waals surface area (Å²) >= 11 is 0. The minimum atomic E-state index is -0.529. The summed E-state index contributed by atoms with van der Waals surface area (Å²) in [6, 6.07) is 0. The van der Waals surface area contributed by atoms with E-state index in [4.69, 9.17) is 4.74 Å². The molecule has 0 aromatic carbocycles. The second-order valence-corrected chi connectivity index (χ2v) is 4.64. The molecule has 1 fully saturated rings. The van der Waals surface area contributed by atoms with E-state index in [-0.39, 0.29) is 11.4 Å². The van der Waals surface area contributed by atoms with E-state index in [1.165, 1.54) is 0 Å². The molecule has 2 nitrogen and oxygen atoms in total. The summed E-state index contributed by atoms with van der Waals surface area (Å²) in [5.41, 5.74) is -0.693. The monoisotopic (exact) mass is 180 g/mol. The zero-order valence-corrected chi connectivity index (χ0v) is 8.46. The Morgan fingerprint density at radius 3 is 2.77 bits per heavy atom. The van der Waals surface area contributed by atoms with Crippen molar-refractivity contribution in [2.45, 2.75) is 44.8 Å². The van der Waals surface area contributed by atoms with Gasteiger partial charge in [-0.3, -0.25) is 4.79 Å². The van der Waals surface area contributed by atoms with E-state index in [1.807, 2.05) is 13.0 Å². The molecule has 2 heteroatoms. The lowest BCUT2D eigenvalue weighted by atomic mass is 9.87. The summed E-state index contributed by atoms with van der Waals surface area (Å²) in [6.07, 6.45) is 5.49. The molecular weight excluding hydrogens is 164 g/mol. The molecule has 2 atom stereocenters. The molecule has 0 amide bonds. The first-order valence-electron chi connectivity index (χ1n) is 4.92. The van der Waals surface area contributed by atoms with Crippen LogP contribution >= 0.6 is 0 Å². The van der Waals surface area contributed by atoms with Gasteiger partial charge in [-0.1, -0.05) is 13.8 Å². The Labute approximate surface area is 79.0 Å². The quantitative estimate of drug-likeness (QED) is 0.617. The summed E-state index contributed by atoms with van der Waals surface area (Å²) in [5, 5.41) is 0. The van der Waals surface area contributed by atoms with Crippen molar-refractivity contribution in [1.82, 2.24) is 0 Å². The largest absolute Gasteiger partial charge is 0.356 e. The fourth-order valence-corrected chi connectivity index (χ4v) is 2.24. The Hall–Kier alpha value is -0.630. The predicted octanol–water partition coefficient (Wildman–Crippen LogP) is 2.09. The first-order chi connectivity index (χ1) is 5.99. The van der Waals surface area contributed by atoms with Crippen LogP contribution in [0.1, 0.15) is 33.6 Å². The van der Waals surface area contributed by atoms with Gasteiger partial charge in [0, 0.05) is 0 Å². The SMILES string of the molecule is CC(C)[C@@]12C=CC(=O)[C@@](C)(CC1)O2. The third-order valence-electron chi connectivity index (χ3n) is 3.42. The molecule has 0 spiro atoms. The molecule has 0 aliphatic carbocycles. The Kier molecular flexibility index (Phi) is 1.68. The summed E-state index contributed by atoms with van der Waals surface area (Å²) in [7, 11) is 0. The lowest BCUT2D eigenvalue weighted by Crippen LogP contribution is -2.44. The van der Waals surface area contributed by atoms with Gasteiger partial charge in [-0.25, -0.2) is 0 Å². The van der Waals surface area contributed by atoms with Crippen molar-refractivity contribution < 1.29 is 9.53 Å². The second-order valence-electron chi connectivity index (χ2n) is 4.64. The second kappa shape index (κ2) is 2.44. The molecular formula is C11H16O2. The molecule has 0 aromatic rings. The van der Waals surface area contributed by atoms with Crippen molar-refractivity contribution in [1.29, 1.82) is 0 Å². The molecule has 2 aliphatic heterocycles. The fraction of sp³-hybridized carbons (Fsp3) is 0.727. The molecule has 0 N–H and O–H groups in total. The molecule has 0 saturated carbocycles. The Balaban J connectivity index is 2.39. The average Bonchev–Trinajstić information content (AvgIpc) is 2.36. The lowest BCUT2D eigenvalue weighted by molar-refractivity contribution is -0.148. The van der Waals surface area contributed by atoms with E-state index >= 15 is 0 Å². The summed E-state index contributed by atoms with van der Waals surface area (Å²) in [6.45, 7) is 6.20. The van der Waals surface area contributed by atoms with Gasteiger partial charge in [0.2, 0.25) is 0 Å². The highest BCUT2D eigenvalue weighted by atomic mass is 16.5. The molecule has 72 valence electrons. The van der Waals surface area contributed by atoms with Gasteiger partial charge in [0.05, 0.1) is 5.60 Å². The molecule has 2 rings (SSSR count). The summed E-state index contributed by atoms with van der Waals surface area (Å²) < 4.78 is 5.91. The zero-order valence-electron chi connectivity index (χ0n) is 8.46. The third kappa shape index (κ3) is 1.08. The highest BCUT2D eigenvalue weighted by Crippen LogP contribution is 2.46. The average molecular weight is 180 g/mol. The summed E-state index contributed by atoms with van der Waals surface area (Å²) in [4.78, 5) is 11.5. The standard InChI is InChI=1S/C11H16O2/c1-8(2)11-5-4-9(12)10(3,13-11)6-7-11/h4-5,8H,6-7H2,1-3H3/t10-,11-/m1/s1. The third-order valence-corrected chi connectivity index (χ3v) is 3.42. The van der Waals surface area contributed by atoms with Crippen LogP contribution in [0.25, 0.3) is 0 Å². The van der Waals surface area contributed by atoms with Gasteiger partial charge >= 0.3 is 0 Å². The molecule has 0 unspecified atom stereocenters. The maximum absolute atomic E-state index is 11.5. The molecule has 2 bridgehead atoms. The van der Waals surface area contributed by atoms with E-state index in [2.05, 4.69) is 13.8 Å². The van der Waals surface area contributed by atoms with Crippen LogP contribution in [0.4, 0.5) is 0 Å². The van der Waals surface area contributed by atoms with Gasteiger partial charge in [-0.2, -0.15) is 0 Å². The number of fused-ring (bicyclic) bond motifs is 2. The van der Waals surface area contributed by atoms with Crippen molar-refractivity contribution in [3.05, 3.63) is 12.2 Å². The minimum absolute atomic E-state index is 0.126. The fourth-order valence-electron chi connectivity index (χ4n) is 2.24. The maximum Gasteiger partial charge on any atom is 0.186 e. The first-order valence-corrected chi connectivity index (χ1v) is 4.92. The molecule has 1 saturated heterocycles. The molecule has 0 radical (unpaired) electrons. The van der Waals surface area contributed by atoms with Crippen LogP contribution in [0.3, 0.4) is 0 Å². The number of carbonyl (C=O) groups excluding carboxylic acids is 1. The van der Waals surface area contributed by atoms with Crippen molar-refractivity contribution >= 4 is 5.78 Å². The van der Waals surface area contributed by atoms with Gasteiger partial charge in [0.1, 0.15) is 5.60 Å². The molecule has 0 aromatic heterocycles. The Morgan fingerprint density at radius 2 is 2.15 bits per heavy atom. The van der Waals surface area contributed by atoms with E-state index in [0.717, 1.165) is 12.8 Å². The lowest BCUT2D eigenvalue weighted by Gasteiger charge is -2.36. The minimum Gasteiger partial charge on any atom is -0.356 e. The number of ketones is 1. The van der Waals surface area contributed by atoms with Crippen LogP contribution in [0.15, 0.2) is 12.2 Å². The predicted molar refractivity (Wildman–Crippen MR) is 50.4 cm³/mol. The van der Waals surface area contributed by atoms with Crippen LogP contribution in [-0.2, 0) is 9.53 Å². The first kappa shape index (κ1) is 8.95. The number of carbonyl (C=O) groups is 1. The Bertz CT molecular complexity index is 280. The smallest absolute Gasteiger partial charge is 0.186 e. The highest BCUT2D eigenvalue weighted by Gasteiger charge is 2.52. The highest BCUT2D eigenvalue weighted by molar-refractivity contribution is 5.98. The van der Waals surface area contributed by atoms with Crippen molar-refractivity contribution in [2.24, 2.45) is 5.92 Å². The van der Waals surface area contributed by atoms with Gasteiger partial charge in [-0.15, -0.1) is 0 Å². The van der Waals surface area contributed by atoms with Gasteiger partial charge in [0.15, 0.2) is 5.78 Å². The normalized spacial score (nSPS) is 43.2. The number of hydrogen-bond donors (Lipinski definition) is 0. The van der Waals surface area contributed by atoms with Crippen molar-refractivity contribution in [2.75, 3.05) is 0 Å². The van der Waals surface area contributed by atoms with Gasteiger partial charge < -0.3 is 4.74 Å². The zero-order chi connectivity index (χ0) is 9.69. The van der Waals surface area contributed by atoms with E-state index in [9.17, 15) is 4.79 Å². The van der Waals surface area contributed by atoms with E-state index < -0.39 is 5.60 Å². The number of ether oxygens (including phenoxy) is 1. The van der Waals surface area contributed by atoms with Crippen LogP contribution in [-0.4, -0.2) is 17.0 Å². The molecule has 2 heterocycles. The van der Waals surface area contributed by atoms with Gasteiger partial charge in [-0.05, 0) is 37.8 Å². The maximum atomic E-state index is 11.5. The van der Waals surface area contributed by atoms with Crippen LogP contribution in [0.2, 0.25) is 0 Å². The van der Waals surface area contributed by atoms with Crippen LogP contribution < -0.4 is 0 Å². The topological polar surface area (TPSA) is 26.3 Å². The van der Waals surface area contributed by atoms with Crippen LogP contribution in [0.5, 0.6) is 0 Å². The summed E-state index contributed by atoms with van der Waals surface area (Å²) in [5.74, 6) is 0.569. The number of hydrogen-bond acceptors (Lipinski definition) is 2.